The largest absolute Gasteiger partial charge is 0.364 e. The summed E-state index contributed by atoms with van der Waals surface area (Å²) in [5, 5.41) is 7.00. The van der Waals surface area contributed by atoms with Crippen LogP contribution in [0.3, 0.4) is 0 Å². The minimum absolute atomic E-state index is 0.305. The fraction of sp³-hybridized carbons (Fsp3) is 0.600. The molecule has 1 aromatic rings. The van der Waals surface area contributed by atoms with Gasteiger partial charge in [-0.15, -0.1) is 0 Å². The maximum Gasteiger partial charge on any atom is 0.271 e. The normalized spacial score (nSPS) is 17.9. The number of carbonyl (C=O) groups excluding carboxylic acids is 1. The summed E-state index contributed by atoms with van der Waals surface area (Å²) < 4.78 is 5.04. The Hall–Kier alpha value is -1.36. The summed E-state index contributed by atoms with van der Waals surface area (Å²) in [6.45, 7) is 3.76. The fourth-order valence-electron chi connectivity index (χ4n) is 2.15. The Morgan fingerprint density at radius 3 is 2.80 bits per heavy atom. The van der Waals surface area contributed by atoms with Gasteiger partial charge in [0.25, 0.3) is 5.91 Å². The third kappa shape index (κ3) is 1.87. The van der Waals surface area contributed by atoms with E-state index in [0.29, 0.717) is 11.6 Å². The van der Waals surface area contributed by atoms with Gasteiger partial charge in [-0.05, 0) is 38.8 Å². The highest BCUT2D eigenvalue weighted by molar-refractivity contribution is 5.92. The van der Waals surface area contributed by atoms with Crippen LogP contribution in [-0.2, 0) is 0 Å². The summed E-state index contributed by atoms with van der Waals surface area (Å²) in [4.78, 5) is 11.2. The van der Waals surface area contributed by atoms with E-state index in [-0.39, 0.29) is 0 Å². The second-order valence-electron chi connectivity index (χ2n) is 3.89. The van der Waals surface area contributed by atoms with E-state index in [1.54, 1.807) is 0 Å². The smallest absolute Gasteiger partial charge is 0.271 e. The first-order chi connectivity index (χ1) is 7.20. The van der Waals surface area contributed by atoms with Crippen molar-refractivity contribution < 1.29 is 9.32 Å². The molecule has 1 aliphatic rings. The van der Waals surface area contributed by atoms with Gasteiger partial charge < -0.3 is 15.6 Å². The van der Waals surface area contributed by atoms with Crippen molar-refractivity contribution in [2.45, 2.75) is 25.7 Å². The van der Waals surface area contributed by atoms with Crippen LogP contribution in [0.25, 0.3) is 0 Å². The molecule has 0 atom stereocenters. The van der Waals surface area contributed by atoms with Crippen LogP contribution in [0, 0.1) is 6.92 Å². The zero-order valence-corrected chi connectivity index (χ0v) is 8.75. The van der Waals surface area contributed by atoms with E-state index < -0.39 is 5.91 Å². The van der Waals surface area contributed by atoms with Crippen molar-refractivity contribution >= 4 is 5.91 Å². The highest BCUT2D eigenvalue weighted by Crippen LogP contribution is 2.30. The molecule has 0 aromatic carbocycles. The number of nitrogens with two attached hydrogens (primary N) is 1. The Kier molecular flexibility index (Phi) is 2.73. The van der Waals surface area contributed by atoms with Crippen LogP contribution in [0.1, 0.15) is 40.6 Å². The predicted octanol–water partition coefficient (Wildman–Crippen LogP) is 0.549. The molecule has 15 heavy (non-hydrogen) atoms. The van der Waals surface area contributed by atoms with Gasteiger partial charge in [0.1, 0.15) is 5.76 Å². The number of nitrogens with zero attached hydrogens (tertiary/aromatic N) is 1. The van der Waals surface area contributed by atoms with E-state index in [1.807, 2.05) is 6.92 Å². The molecule has 5 heteroatoms. The number of hydrogen-bond acceptors (Lipinski definition) is 4. The molecule has 0 unspecified atom stereocenters. The molecule has 1 aliphatic heterocycles. The van der Waals surface area contributed by atoms with Crippen molar-refractivity contribution in [2.24, 2.45) is 5.73 Å². The van der Waals surface area contributed by atoms with Gasteiger partial charge in [0.05, 0.1) is 0 Å². The number of amides is 1. The molecule has 3 N–H and O–H groups in total. The lowest BCUT2D eigenvalue weighted by molar-refractivity contribution is 0.0990. The van der Waals surface area contributed by atoms with Gasteiger partial charge in [0, 0.05) is 5.56 Å². The molecule has 1 amide bonds. The lowest BCUT2D eigenvalue weighted by Crippen LogP contribution is -2.28. The van der Waals surface area contributed by atoms with Gasteiger partial charge in [-0.1, -0.05) is 5.16 Å². The summed E-state index contributed by atoms with van der Waals surface area (Å²) in [5.41, 5.74) is 6.47. The van der Waals surface area contributed by atoms with Crippen molar-refractivity contribution in [2.75, 3.05) is 13.1 Å². The third-order valence-electron chi connectivity index (χ3n) is 2.89. The van der Waals surface area contributed by atoms with Gasteiger partial charge in [0.15, 0.2) is 5.69 Å². The number of piperidine rings is 1. The van der Waals surface area contributed by atoms with E-state index in [9.17, 15) is 4.79 Å². The molecule has 0 saturated carbocycles. The Balaban J connectivity index is 2.32. The molecule has 1 fully saturated rings. The first-order valence-corrected chi connectivity index (χ1v) is 5.17. The quantitative estimate of drug-likeness (QED) is 0.745. The average molecular weight is 209 g/mol. The Morgan fingerprint density at radius 1 is 1.53 bits per heavy atom. The maximum atomic E-state index is 11.2. The van der Waals surface area contributed by atoms with Crippen LogP contribution >= 0.6 is 0 Å². The number of carbonyl (C=O) groups is 1. The maximum absolute atomic E-state index is 11.2. The minimum atomic E-state index is -0.500. The Labute approximate surface area is 88.0 Å². The van der Waals surface area contributed by atoms with E-state index in [2.05, 4.69) is 10.5 Å². The van der Waals surface area contributed by atoms with E-state index in [4.69, 9.17) is 10.3 Å². The highest BCUT2D eigenvalue weighted by atomic mass is 16.5. The summed E-state index contributed by atoms with van der Waals surface area (Å²) >= 11 is 0. The first-order valence-electron chi connectivity index (χ1n) is 5.17. The lowest BCUT2D eigenvalue weighted by atomic mass is 9.89. The van der Waals surface area contributed by atoms with Crippen LogP contribution in [0.5, 0.6) is 0 Å². The summed E-state index contributed by atoms with van der Waals surface area (Å²) in [7, 11) is 0. The van der Waals surface area contributed by atoms with Crippen molar-refractivity contribution in [3.8, 4) is 0 Å². The molecular weight excluding hydrogens is 194 g/mol. The number of aromatic nitrogens is 1. The van der Waals surface area contributed by atoms with Crippen LogP contribution in [0.4, 0.5) is 0 Å². The second-order valence-corrected chi connectivity index (χ2v) is 3.89. The molecule has 0 aliphatic carbocycles. The van der Waals surface area contributed by atoms with Crippen LogP contribution in [0.15, 0.2) is 4.52 Å². The molecule has 1 aromatic heterocycles. The van der Waals surface area contributed by atoms with Crippen molar-refractivity contribution in [1.29, 1.82) is 0 Å². The third-order valence-corrected chi connectivity index (χ3v) is 2.89. The molecule has 1 saturated heterocycles. The summed E-state index contributed by atoms with van der Waals surface area (Å²) in [5.74, 6) is 0.566. The Bertz CT molecular complexity index is 367. The molecule has 0 spiro atoms. The second kappa shape index (κ2) is 4.02. The van der Waals surface area contributed by atoms with Gasteiger partial charge in [-0.25, -0.2) is 0 Å². The van der Waals surface area contributed by atoms with Gasteiger partial charge in [-0.3, -0.25) is 4.79 Å². The fourth-order valence-corrected chi connectivity index (χ4v) is 2.15. The molecule has 5 nitrogen and oxygen atoms in total. The van der Waals surface area contributed by atoms with Gasteiger partial charge in [0.2, 0.25) is 0 Å². The Morgan fingerprint density at radius 2 is 2.20 bits per heavy atom. The van der Waals surface area contributed by atoms with E-state index in [1.165, 1.54) is 0 Å². The molecule has 0 radical (unpaired) electrons. The standard InChI is InChI=1S/C10H15N3O2/c1-6-8(7-2-4-12-5-3-7)9(10(11)14)13-15-6/h7,12H,2-5H2,1H3,(H2,11,14). The zero-order valence-electron chi connectivity index (χ0n) is 8.75. The first kappa shape index (κ1) is 10.2. The summed E-state index contributed by atoms with van der Waals surface area (Å²) in [6.07, 6.45) is 2.00. The topological polar surface area (TPSA) is 81.2 Å². The number of rotatable bonds is 2. The monoisotopic (exact) mass is 209 g/mol. The van der Waals surface area contributed by atoms with Crippen LogP contribution in [0.2, 0.25) is 0 Å². The molecular formula is C10H15N3O2. The van der Waals surface area contributed by atoms with Gasteiger partial charge >= 0.3 is 0 Å². The van der Waals surface area contributed by atoms with Crippen molar-refractivity contribution in [1.82, 2.24) is 10.5 Å². The number of hydrogen-bond donors (Lipinski definition) is 2. The SMILES string of the molecule is Cc1onc(C(N)=O)c1C1CCNCC1. The number of nitrogens with one attached hydrogen (secondary N) is 1. The number of aryl methyl sites for hydroxylation is 1. The predicted molar refractivity (Wildman–Crippen MR) is 54.6 cm³/mol. The van der Waals surface area contributed by atoms with Crippen LogP contribution < -0.4 is 11.1 Å². The van der Waals surface area contributed by atoms with Crippen LogP contribution in [-0.4, -0.2) is 24.2 Å². The minimum Gasteiger partial charge on any atom is -0.364 e. The van der Waals surface area contributed by atoms with Gasteiger partial charge in [-0.2, -0.15) is 0 Å². The average Bonchev–Trinajstić information content (AvgIpc) is 2.61. The molecule has 82 valence electrons. The number of primary amides is 1. The highest BCUT2D eigenvalue weighted by Gasteiger charge is 2.26. The molecule has 0 bridgehead atoms. The molecule has 2 rings (SSSR count). The summed E-state index contributed by atoms with van der Waals surface area (Å²) in [6, 6.07) is 0. The zero-order chi connectivity index (χ0) is 10.8. The lowest BCUT2D eigenvalue weighted by Gasteiger charge is -2.22. The van der Waals surface area contributed by atoms with E-state index >= 15 is 0 Å². The molecule has 2 heterocycles. The van der Waals surface area contributed by atoms with E-state index in [0.717, 1.165) is 37.3 Å². The van der Waals surface area contributed by atoms with Crippen molar-refractivity contribution in [3.05, 3.63) is 17.0 Å². The van der Waals surface area contributed by atoms with Crippen molar-refractivity contribution in [3.63, 3.8) is 0 Å².